The zero-order chi connectivity index (χ0) is 17.9. The van der Waals surface area contributed by atoms with Gasteiger partial charge < -0.3 is 18.8 Å². The van der Waals surface area contributed by atoms with E-state index in [-0.39, 0.29) is 12.0 Å². The van der Waals surface area contributed by atoms with Crippen molar-refractivity contribution in [2.75, 3.05) is 20.2 Å². The van der Waals surface area contributed by atoms with Crippen LogP contribution < -0.4 is 9.47 Å². The van der Waals surface area contributed by atoms with Crippen molar-refractivity contribution >= 4 is 5.91 Å². The van der Waals surface area contributed by atoms with Crippen molar-refractivity contribution in [2.24, 2.45) is 0 Å². The fourth-order valence-corrected chi connectivity index (χ4v) is 2.90. The fourth-order valence-electron chi connectivity index (χ4n) is 2.90. The average Bonchev–Trinajstić information content (AvgIpc) is 3.22. The molecule has 0 saturated heterocycles. The van der Waals surface area contributed by atoms with Crippen molar-refractivity contribution < 1.29 is 18.7 Å². The van der Waals surface area contributed by atoms with E-state index in [0.717, 1.165) is 11.3 Å². The second-order valence-electron chi connectivity index (χ2n) is 6.13. The van der Waals surface area contributed by atoms with Gasteiger partial charge in [-0.1, -0.05) is 24.3 Å². The van der Waals surface area contributed by atoms with Gasteiger partial charge in [0.05, 0.1) is 12.7 Å². The zero-order valence-corrected chi connectivity index (χ0v) is 14.3. The first kappa shape index (κ1) is 16.2. The van der Waals surface area contributed by atoms with Crippen LogP contribution in [0.3, 0.4) is 0 Å². The van der Waals surface area contributed by atoms with Crippen LogP contribution in [0.1, 0.15) is 10.4 Å². The van der Waals surface area contributed by atoms with Crippen molar-refractivity contribution in [3.63, 3.8) is 0 Å². The van der Waals surface area contributed by atoms with E-state index in [0.29, 0.717) is 30.2 Å². The lowest BCUT2D eigenvalue weighted by Crippen LogP contribution is -2.41. The highest BCUT2D eigenvalue weighted by Crippen LogP contribution is 2.31. The van der Waals surface area contributed by atoms with E-state index >= 15 is 0 Å². The van der Waals surface area contributed by atoms with Gasteiger partial charge >= 0.3 is 0 Å². The summed E-state index contributed by atoms with van der Waals surface area (Å²) in [4.78, 5) is 18.2. The van der Waals surface area contributed by atoms with E-state index in [2.05, 4.69) is 4.98 Å². The Bertz CT molecular complexity index is 890. The number of aromatic nitrogens is 1. The lowest BCUT2D eigenvalue weighted by Gasteiger charge is -2.29. The summed E-state index contributed by atoms with van der Waals surface area (Å²) in [6.45, 7) is 0.857. The molecular weight excluding hydrogens is 332 g/mol. The van der Waals surface area contributed by atoms with Crippen LogP contribution in [-0.4, -0.2) is 42.1 Å². The van der Waals surface area contributed by atoms with Gasteiger partial charge in [-0.05, 0) is 24.3 Å². The molecule has 2 heterocycles. The lowest BCUT2D eigenvalue weighted by molar-refractivity contribution is 0.0521. The van der Waals surface area contributed by atoms with Crippen LogP contribution in [0.15, 0.2) is 65.5 Å². The van der Waals surface area contributed by atoms with Gasteiger partial charge in [0.1, 0.15) is 6.61 Å². The Kier molecular flexibility index (Phi) is 4.31. The zero-order valence-electron chi connectivity index (χ0n) is 14.3. The molecule has 0 unspecified atom stereocenters. The SMILES string of the molecule is CN(C[C@H]1COc2ccccc2O1)C(=O)c1ccc(-c2cnco2)cc1. The molecule has 4 rings (SSSR count). The van der Waals surface area contributed by atoms with Crippen molar-refractivity contribution in [3.8, 4) is 22.8 Å². The fraction of sp³-hybridized carbons (Fsp3) is 0.200. The third kappa shape index (κ3) is 3.26. The maximum Gasteiger partial charge on any atom is 0.253 e. The lowest BCUT2D eigenvalue weighted by atomic mass is 10.1. The van der Waals surface area contributed by atoms with Crippen LogP contribution in [-0.2, 0) is 0 Å². The van der Waals surface area contributed by atoms with E-state index < -0.39 is 0 Å². The van der Waals surface area contributed by atoms with E-state index in [4.69, 9.17) is 13.9 Å². The second kappa shape index (κ2) is 6.92. The minimum absolute atomic E-state index is 0.0726. The molecule has 1 aliphatic rings. The Morgan fingerprint density at radius 3 is 2.65 bits per heavy atom. The van der Waals surface area contributed by atoms with Gasteiger partial charge in [-0.2, -0.15) is 0 Å². The van der Waals surface area contributed by atoms with Gasteiger partial charge in [-0.25, -0.2) is 4.98 Å². The highest BCUT2D eigenvalue weighted by molar-refractivity contribution is 5.94. The summed E-state index contributed by atoms with van der Waals surface area (Å²) in [5.74, 6) is 2.04. The molecule has 0 radical (unpaired) electrons. The van der Waals surface area contributed by atoms with Gasteiger partial charge in [0.2, 0.25) is 0 Å². The molecule has 26 heavy (non-hydrogen) atoms. The molecule has 6 nitrogen and oxygen atoms in total. The number of oxazole rings is 1. The number of carbonyl (C=O) groups is 1. The smallest absolute Gasteiger partial charge is 0.253 e. The molecule has 0 saturated carbocycles. The molecule has 0 N–H and O–H groups in total. The quantitative estimate of drug-likeness (QED) is 0.723. The molecule has 1 amide bonds. The number of para-hydroxylation sites is 2. The van der Waals surface area contributed by atoms with E-state index in [9.17, 15) is 4.79 Å². The number of benzene rings is 2. The van der Waals surface area contributed by atoms with E-state index in [1.54, 1.807) is 30.3 Å². The number of likely N-dealkylation sites (N-methyl/N-ethyl adjacent to an activating group) is 1. The molecular formula is C20H18N2O4. The van der Waals surface area contributed by atoms with Gasteiger partial charge in [0.15, 0.2) is 29.8 Å². The molecule has 3 aromatic rings. The summed E-state index contributed by atoms with van der Waals surface area (Å²) >= 11 is 0. The Balaban J connectivity index is 1.40. The molecule has 6 heteroatoms. The highest BCUT2D eigenvalue weighted by atomic mass is 16.6. The average molecular weight is 350 g/mol. The summed E-state index contributed by atoms with van der Waals surface area (Å²) in [5, 5.41) is 0. The molecule has 1 aliphatic heterocycles. The van der Waals surface area contributed by atoms with Crippen LogP contribution in [0.25, 0.3) is 11.3 Å². The predicted molar refractivity (Wildman–Crippen MR) is 95.3 cm³/mol. The number of hydrogen-bond donors (Lipinski definition) is 0. The molecule has 1 atom stereocenters. The van der Waals surface area contributed by atoms with E-state index in [1.807, 2.05) is 36.4 Å². The Morgan fingerprint density at radius 1 is 1.15 bits per heavy atom. The number of ether oxygens (including phenoxy) is 2. The molecule has 1 aromatic heterocycles. The van der Waals surface area contributed by atoms with Crippen LogP contribution in [0, 0.1) is 0 Å². The molecule has 0 spiro atoms. The van der Waals surface area contributed by atoms with Crippen molar-refractivity contribution in [2.45, 2.75) is 6.10 Å². The van der Waals surface area contributed by atoms with E-state index in [1.165, 1.54) is 6.39 Å². The summed E-state index contributed by atoms with van der Waals surface area (Å²) in [5.41, 5.74) is 1.48. The minimum Gasteiger partial charge on any atom is -0.486 e. The topological polar surface area (TPSA) is 64.8 Å². The van der Waals surface area contributed by atoms with Gasteiger partial charge in [0.25, 0.3) is 5.91 Å². The van der Waals surface area contributed by atoms with Crippen LogP contribution in [0.4, 0.5) is 0 Å². The van der Waals surface area contributed by atoms with Crippen LogP contribution in [0.5, 0.6) is 11.5 Å². The summed E-state index contributed by atoms with van der Waals surface area (Å²) in [7, 11) is 1.76. The Labute approximate surface area is 151 Å². The maximum atomic E-state index is 12.7. The van der Waals surface area contributed by atoms with Crippen molar-refractivity contribution in [1.82, 2.24) is 9.88 Å². The van der Waals surface area contributed by atoms with Crippen LogP contribution >= 0.6 is 0 Å². The van der Waals surface area contributed by atoms with Gasteiger partial charge in [-0.15, -0.1) is 0 Å². The number of amides is 1. The number of carbonyl (C=O) groups excluding carboxylic acids is 1. The number of hydrogen-bond acceptors (Lipinski definition) is 5. The van der Waals surface area contributed by atoms with Crippen molar-refractivity contribution in [1.29, 1.82) is 0 Å². The van der Waals surface area contributed by atoms with Crippen LogP contribution in [0.2, 0.25) is 0 Å². The molecule has 0 fully saturated rings. The monoisotopic (exact) mass is 350 g/mol. The maximum absolute atomic E-state index is 12.7. The molecule has 0 aliphatic carbocycles. The summed E-state index contributed by atoms with van der Waals surface area (Å²) in [6.07, 6.45) is 2.82. The Morgan fingerprint density at radius 2 is 1.92 bits per heavy atom. The number of fused-ring (bicyclic) bond motifs is 1. The third-order valence-electron chi connectivity index (χ3n) is 4.24. The number of nitrogens with zero attached hydrogens (tertiary/aromatic N) is 2. The first-order chi connectivity index (χ1) is 12.7. The largest absolute Gasteiger partial charge is 0.486 e. The first-order valence-electron chi connectivity index (χ1n) is 8.33. The summed E-state index contributed by atoms with van der Waals surface area (Å²) in [6, 6.07) is 14.8. The predicted octanol–water partition coefficient (Wildman–Crippen LogP) is 3.25. The minimum atomic E-state index is -0.202. The molecule has 2 aromatic carbocycles. The third-order valence-corrected chi connectivity index (χ3v) is 4.24. The summed E-state index contributed by atoms with van der Waals surface area (Å²) < 4.78 is 16.9. The molecule has 132 valence electrons. The second-order valence-corrected chi connectivity index (χ2v) is 6.13. The first-order valence-corrected chi connectivity index (χ1v) is 8.33. The molecule has 0 bridgehead atoms. The highest BCUT2D eigenvalue weighted by Gasteiger charge is 2.24. The number of rotatable bonds is 4. The van der Waals surface area contributed by atoms with Crippen molar-refractivity contribution in [3.05, 3.63) is 66.7 Å². The van der Waals surface area contributed by atoms with Gasteiger partial charge in [-0.3, -0.25) is 4.79 Å². The van der Waals surface area contributed by atoms with Gasteiger partial charge in [0, 0.05) is 18.2 Å². The Hall–Kier alpha value is -3.28. The standard InChI is InChI=1S/C20H18N2O4/c1-22(11-16-12-24-17-4-2-3-5-18(17)26-16)20(23)15-8-6-14(7-9-15)19-10-21-13-25-19/h2-10,13,16H,11-12H2,1H3/t16-/m0/s1. The normalized spacial score (nSPS) is 15.5.